The number of fused-ring (bicyclic) bond motifs is 1. The first kappa shape index (κ1) is 16.4. The van der Waals surface area contributed by atoms with Crippen molar-refractivity contribution in [1.82, 2.24) is 0 Å². The zero-order valence-electron chi connectivity index (χ0n) is 13.3. The van der Waals surface area contributed by atoms with E-state index in [0.717, 1.165) is 18.4 Å². The zero-order valence-corrected chi connectivity index (χ0v) is 13.3. The molecule has 22 heavy (non-hydrogen) atoms. The number of benzene rings is 1. The third-order valence-electron chi connectivity index (χ3n) is 4.41. The number of Topliss-reactive ketones (excluding diaryl/α,β-unsaturated/α-hetero) is 2. The van der Waals surface area contributed by atoms with Crippen LogP contribution in [-0.4, -0.2) is 24.1 Å². The van der Waals surface area contributed by atoms with Crippen molar-refractivity contribution < 1.29 is 19.1 Å². The van der Waals surface area contributed by atoms with Crippen LogP contribution >= 0.6 is 0 Å². The average Bonchev–Trinajstić information content (AvgIpc) is 2.52. The maximum absolute atomic E-state index is 12.9. The van der Waals surface area contributed by atoms with Gasteiger partial charge in [-0.1, -0.05) is 44.0 Å². The van der Waals surface area contributed by atoms with Crippen LogP contribution in [0.2, 0.25) is 0 Å². The van der Waals surface area contributed by atoms with Gasteiger partial charge in [0.25, 0.3) is 0 Å². The van der Waals surface area contributed by atoms with Gasteiger partial charge in [0.2, 0.25) is 0 Å². The van der Waals surface area contributed by atoms with Gasteiger partial charge in [0.15, 0.2) is 17.5 Å². The summed E-state index contributed by atoms with van der Waals surface area (Å²) >= 11 is 0. The molecule has 118 valence electrons. The third-order valence-corrected chi connectivity index (χ3v) is 4.41. The molecule has 2 rings (SSSR count). The lowest BCUT2D eigenvalue weighted by molar-refractivity contribution is -0.151. The van der Waals surface area contributed by atoms with Crippen molar-refractivity contribution in [2.45, 2.75) is 45.4 Å². The number of esters is 1. The summed E-state index contributed by atoms with van der Waals surface area (Å²) in [7, 11) is 0. The molecule has 2 unspecified atom stereocenters. The van der Waals surface area contributed by atoms with Crippen LogP contribution in [0, 0.1) is 5.92 Å². The topological polar surface area (TPSA) is 60.4 Å². The number of carbonyl (C=O) groups is 3. The molecule has 0 N–H and O–H groups in total. The molecule has 0 heterocycles. The summed E-state index contributed by atoms with van der Waals surface area (Å²) < 4.78 is 4.95. The number of hydrogen-bond acceptors (Lipinski definition) is 4. The van der Waals surface area contributed by atoms with Crippen molar-refractivity contribution in [3.05, 3.63) is 35.4 Å². The second-order valence-corrected chi connectivity index (χ2v) is 5.89. The molecule has 0 saturated heterocycles. The molecular weight excluding hydrogens is 280 g/mol. The van der Waals surface area contributed by atoms with Gasteiger partial charge in [0, 0.05) is 5.56 Å². The van der Waals surface area contributed by atoms with Crippen molar-refractivity contribution in [3.8, 4) is 0 Å². The largest absolute Gasteiger partial charge is 0.465 e. The molecule has 4 nitrogen and oxygen atoms in total. The minimum atomic E-state index is -1.32. The maximum atomic E-state index is 12.9. The number of ether oxygens (including phenoxy) is 1. The van der Waals surface area contributed by atoms with E-state index in [-0.39, 0.29) is 12.4 Å². The predicted molar refractivity (Wildman–Crippen MR) is 82.8 cm³/mol. The summed E-state index contributed by atoms with van der Waals surface area (Å²) in [6.07, 6.45) is 2.44. The van der Waals surface area contributed by atoms with Gasteiger partial charge in [-0.25, -0.2) is 0 Å². The lowest BCUT2D eigenvalue weighted by Crippen LogP contribution is -2.49. The van der Waals surface area contributed by atoms with Crippen LogP contribution in [0.1, 0.15) is 56.0 Å². The minimum Gasteiger partial charge on any atom is -0.465 e. The van der Waals surface area contributed by atoms with E-state index in [1.54, 1.807) is 19.1 Å². The van der Waals surface area contributed by atoms with Gasteiger partial charge in [-0.2, -0.15) is 0 Å². The summed E-state index contributed by atoms with van der Waals surface area (Å²) in [4.78, 5) is 37.6. The molecule has 4 heteroatoms. The summed E-state index contributed by atoms with van der Waals surface area (Å²) in [5, 5.41) is 0. The summed E-state index contributed by atoms with van der Waals surface area (Å²) in [6.45, 7) is 5.71. The molecule has 1 aromatic rings. The fourth-order valence-corrected chi connectivity index (χ4v) is 3.13. The third kappa shape index (κ3) is 2.58. The molecule has 1 aromatic carbocycles. The van der Waals surface area contributed by atoms with Crippen molar-refractivity contribution in [2.24, 2.45) is 5.92 Å². The molecule has 0 aliphatic heterocycles. The first-order valence-corrected chi connectivity index (χ1v) is 7.82. The van der Waals surface area contributed by atoms with Crippen LogP contribution in [0.3, 0.4) is 0 Å². The van der Waals surface area contributed by atoms with Gasteiger partial charge >= 0.3 is 5.97 Å². The van der Waals surface area contributed by atoms with Gasteiger partial charge in [-0.3, -0.25) is 14.4 Å². The smallest absolute Gasteiger partial charge is 0.324 e. The minimum absolute atomic E-state index is 0.156. The Bertz CT molecular complexity index is 605. The molecule has 0 aromatic heterocycles. The molecular formula is C18H22O4. The Balaban J connectivity index is 2.54. The Morgan fingerprint density at radius 2 is 1.91 bits per heavy atom. The summed E-state index contributed by atoms with van der Waals surface area (Å²) in [5.74, 6) is -2.82. The van der Waals surface area contributed by atoms with Gasteiger partial charge in [0.1, 0.15) is 0 Å². The van der Waals surface area contributed by atoms with Crippen LogP contribution in [0.5, 0.6) is 0 Å². The van der Waals surface area contributed by atoms with Crippen LogP contribution < -0.4 is 0 Å². The molecule has 0 saturated carbocycles. The maximum Gasteiger partial charge on any atom is 0.324 e. The number of rotatable bonds is 5. The van der Waals surface area contributed by atoms with Gasteiger partial charge in [-0.15, -0.1) is 0 Å². The summed E-state index contributed by atoms with van der Waals surface area (Å²) in [5.41, 5.74) is 0.399. The van der Waals surface area contributed by atoms with Gasteiger partial charge < -0.3 is 4.74 Å². The lowest BCUT2D eigenvalue weighted by Gasteiger charge is -2.37. The highest BCUT2D eigenvalue weighted by molar-refractivity contribution is 6.28. The SMILES string of the molecule is CCCCC1(C)C(=O)C(C(=O)OCC)C(=O)c2ccccc21. The van der Waals surface area contributed by atoms with Crippen molar-refractivity contribution in [2.75, 3.05) is 6.61 Å². The monoisotopic (exact) mass is 302 g/mol. The fourth-order valence-electron chi connectivity index (χ4n) is 3.13. The molecule has 0 bridgehead atoms. The molecule has 1 aliphatic rings. The average molecular weight is 302 g/mol. The highest BCUT2D eigenvalue weighted by Crippen LogP contribution is 2.41. The number of ketones is 2. The lowest BCUT2D eigenvalue weighted by atomic mass is 9.63. The van der Waals surface area contributed by atoms with Crippen LogP contribution in [0.15, 0.2) is 24.3 Å². The Morgan fingerprint density at radius 1 is 1.23 bits per heavy atom. The van der Waals surface area contributed by atoms with E-state index in [2.05, 4.69) is 6.92 Å². The van der Waals surface area contributed by atoms with Gasteiger partial charge in [-0.05, 0) is 25.8 Å². The number of unbranched alkanes of at least 4 members (excludes halogenated alkanes) is 1. The second-order valence-electron chi connectivity index (χ2n) is 5.89. The first-order valence-electron chi connectivity index (χ1n) is 7.82. The fraction of sp³-hybridized carbons (Fsp3) is 0.500. The molecule has 0 amide bonds. The van der Waals surface area contributed by atoms with Crippen molar-refractivity contribution in [3.63, 3.8) is 0 Å². The van der Waals surface area contributed by atoms with Crippen molar-refractivity contribution in [1.29, 1.82) is 0 Å². The molecule has 0 spiro atoms. The van der Waals surface area contributed by atoms with E-state index in [1.807, 2.05) is 19.1 Å². The second kappa shape index (κ2) is 6.42. The standard InChI is InChI=1S/C18H22O4/c1-4-6-11-18(3)13-10-8-7-9-12(13)15(19)14(16(18)20)17(21)22-5-2/h7-10,14H,4-6,11H2,1-3H3. The van der Waals surface area contributed by atoms with Crippen LogP contribution in [0.25, 0.3) is 0 Å². The predicted octanol–water partition coefficient (Wildman–Crippen LogP) is 3.08. The number of carbonyl (C=O) groups excluding carboxylic acids is 3. The Hall–Kier alpha value is -1.97. The Morgan fingerprint density at radius 3 is 2.55 bits per heavy atom. The molecule has 0 radical (unpaired) electrons. The zero-order chi connectivity index (χ0) is 16.3. The molecule has 0 fully saturated rings. The molecule has 1 aliphatic carbocycles. The highest BCUT2D eigenvalue weighted by atomic mass is 16.5. The first-order chi connectivity index (χ1) is 10.5. The Kier molecular flexibility index (Phi) is 4.79. The van der Waals surface area contributed by atoms with Crippen LogP contribution in [0.4, 0.5) is 0 Å². The van der Waals surface area contributed by atoms with E-state index in [1.165, 1.54) is 0 Å². The van der Waals surface area contributed by atoms with E-state index < -0.39 is 23.1 Å². The Labute approximate surface area is 130 Å². The van der Waals surface area contributed by atoms with E-state index >= 15 is 0 Å². The normalized spacial score (nSPS) is 24.0. The van der Waals surface area contributed by atoms with E-state index in [9.17, 15) is 14.4 Å². The van der Waals surface area contributed by atoms with Crippen LogP contribution in [-0.2, 0) is 19.7 Å². The number of hydrogen-bond donors (Lipinski definition) is 0. The van der Waals surface area contributed by atoms with Crippen molar-refractivity contribution >= 4 is 17.5 Å². The summed E-state index contributed by atoms with van der Waals surface area (Å²) in [6, 6.07) is 7.10. The van der Waals surface area contributed by atoms with E-state index in [0.29, 0.717) is 12.0 Å². The molecule has 2 atom stereocenters. The highest BCUT2D eigenvalue weighted by Gasteiger charge is 2.51. The quantitative estimate of drug-likeness (QED) is 0.619. The van der Waals surface area contributed by atoms with E-state index in [4.69, 9.17) is 4.74 Å². The van der Waals surface area contributed by atoms with Gasteiger partial charge in [0.05, 0.1) is 12.0 Å².